The van der Waals surface area contributed by atoms with Crippen LogP contribution in [0.25, 0.3) is 5.65 Å². The Balaban J connectivity index is 1.51. The van der Waals surface area contributed by atoms with Gasteiger partial charge < -0.3 is 14.5 Å². The molecule has 124 valence electrons. The van der Waals surface area contributed by atoms with Gasteiger partial charge in [0.1, 0.15) is 12.3 Å². The molecule has 0 spiro atoms. The van der Waals surface area contributed by atoms with Gasteiger partial charge >= 0.3 is 6.09 Å². The average Bonchev–Trinajstić information content (AvgIpc) is 3.06. The molecular formula is C14H18N4O4S. The number of carbonyl (C=O) groups excluding carboxylic acids is 1. The van der Waals surface area contributed by atoms with Crippen LogP contribution in [0.3, 0.4) is 0 Å². The van der Waals surface area contributed by atoms with E-state index in [-0.39, 0.29) is 24.9 Å². The summed E-state index contributed by atoms with van der Waals surface area (Å²) in [6.45, 7) is 0.331. The fourth-order valence-corrected chi connectivity index (χ4v) is 4.01. The molecule has 2 aromatic rings. The molecule has 0 bridgehead atoms. The highest BCUT2D eigenvalue weighted by Gasteiger charge is 2.34. The van der Waals surface area contributed by atoms with Crippen LogP contribution in [-0.2, 0) is 21.3 Å². The number of rotatable bonds is 4. The minimum absolute atomic E-state index is 0.0503. The predicted octanol–water partition coefficient (Wildman–Crippen LogP) is 0.594. The second-order valence-corrected chi connectivity index (χ2v) is 7.55. The normalized spacial score (nSPS) is 20.7. The van der Waals surface area contributed by atoms with Crippen molar-refractivity contribution < 1.29 is 17.9 Å². The number of nitrogens with zero attached hydrogens (tertiary/aromatic N) is 3. The Morgan fingerprint density at radius 2 is 2.30 bits per heavy atom. The highest BCUT2D eigenvalue weighted by Crippen LogP contribution is 2.18. The zero-order valence-electron chi connectivity index (χ0n) is 12.7. The van der Waals surface area contributed by atoms with E-state index >= 15 is 0 Å². The number of ether oxygens (including phenoxy) is 1. The van der Waals surface area contributed by atoms with Crippen molar-refractivity contribution in [3.05, 3.63) is 36.3 Å². The number of nitrogens with one attached hydrogen (secondary N) is 1. The van der Waals surface area contributed by atoms with Crippen LogP contribution >= 0.6 is 0 Å². The van der Waals surface area contributed by atoms with E-state index in [0.29, 0.717) is 6.42 Å². The molecule has 3 heterocycles. The van der Waals surface area contributed by atoms with Crippen molar-refractivity contribution >= 4 is 21.8 Å². The fraction of sp³-hybridized carbons (Fsp3) is 0.429. The SMILES string of the molecule is CN1C(COC(=O)NCc2cnc3ccccn23)CCS1(=O)=O. The second-order valence-electron chi connectivity index (χ2n) is 5.41. The number of carbonyl (C=O) groups is 1. The van der Waals surface area contributed by atoms with Gasteiger partial charge in [-0.25, -0.2) is 18.2 Å². The molecule has 3 rings (SSSR count). The quantitative estimate of drug-likeness (QED) is 0.881. The zero-order valence-corrected chi connectivity index (χ0v) is 13.5. The number of fused-ring (bicyclic) bond motifs is 1. The van der Waals surface area contributed by atoms with Crippen LogP contribution in [0.1, 0.15) is 12.1 Å². The van der Waals surface area contributed by atoms with Crippen molar-refractivity contribution in [3.63, 3.8) is 0 Å². The van der Waals surface area contributed by atoms with E-state index in [1.54, 1.807) is 6.20 Å². The van der Waals surface area contributed by atoms with Crippen molar-refractivity contribution in [2.24, 2.45) is 0 Å². The van der Waals surface area contributed by atoms with Crippen LogP contribution in [0, 0.1) is 0 Å². The van der Waals surface area contributed by atoms with E-state index in [1.807, 2.05) is 28.8 Å². The van der Waals surface area contributed by atoms with E-state index in [1.165, 1.54) is 11.4 Å². The summed E-state index contributed by atoms with van der Waals surface area (Å²) >= 11 is 0. The molecule has 0 radical (unpaired) electrons. The lowest BCUT2D eigenvalue weighted by atomic mass is 10.2. The van der Waals surface area contributed by atoms with Crippen LogP contribution in [-0.4, -0.2) is 53.7 Å². The largest absolute Gasteiger partial charge is 0.448 e. The summed E-state index contributed by atoms with van der Waals surface area (Å²) in [4.78, 5) is 16.0. The Bertz CT molecular complexity index is 817. The molecular weight excluding hydrogens is 320 g/mol. The van der Waals surface area contributed by atoms with E-state index in [4.69, 9.17) is 4.74 Å². The Labute approximate surface area is 134 Å². The van der Waals surface area contributed by atoms with Crippen molar-refractivity contribution in [2.45, 2.75) is 19.0 Å². The second kappa shape index (κ2) is 6.17. The highest BCUT2D eigenvalue weighted by molar-refractivity contribution is 7.89. The molecule has 0 aliphatic carbocycles. The van der Waals surface area contributed by atoms with Crippen molar-refractivity contribution in [1.82, 2.24) is 19.0 Å². The summed E-state index contributed by atoms with van der Waals surface area (Å²) < 4.78 is 31.4. The molecule has 1 fully saturated rings. The van der Waals surface area contributed by atoms with Gasteiger partial charge in [-0.15, -0.1) is 0 Å². The zero-order chi connectivity index (χ0) is 16.4. The van der Waals surface area contributed by atoms with Crippen molar-refractivity contribution in [1.29, 1.82) is 0 Å². The predicted molar refractivity (Wildman–Crippen MR) is 83.3 cm³/mol. The van der Waals surface area contributed by atoms with Crippen LogP contribution in [0.2, 0.25) is 0 Å². The first-order valence-corrected chi connectivity index (χ1v) is 8.85. The number of aromatic nitrogens is 2. The topological polar surface area (TPSA) is 93.0 Å². The molecule has 23 heavy (non-hydrogen) atoms. The monoisotopic (exact) mass is 338 g/mol. The molecule has 9 heteroatoms. The minimum Gasteiger partial charge on any atom is -0.448 e. The molecule has 1 amide bonds. The number of likely N-dealkylation sites (N-methyl/N-ethyl adjacent to an activating group) is 1. The van der Waals surface area contributed by atoms with Gasteiger partial charge in [-0.2, -0.15) is 4.31 Å². The first-order valence-electron chi connectivity index (χ1n) is 7.25. The lowest BCUT2D eigenvalue weighted by molar-refractivity contribution is 0.124. The molecule has 1 saturated heterocycles. The third-order valence-corrected chi connectivity index (χ3v) is 5.90. The van der Waals surface area contributed by atoms with Gasteiger partial charge in [-0.3, -0.25) is 0 Å². The molecule has 1 N–H and O–H groups in total. The molecule has 1 aliphatic rings. The third-order valence-electron chi connectivity index (χ3n) is 3.98. The van der Waals surface area contributed by atoms with Crippen molar-refractivity contribution in [3.8, 4) is 0 Å². The molecule has 1 unspecified atom stereocenters. The Morgan fingerprint density at radius 1 is 1.48 bits per heavy atom. The number of imidazole rings is 1. The van der Waals surface area contributed by atoms with Gasteiger partial charge in [0.25, 0.3) is 0 Å². The Kier molecular flexibility index (Phi) is 4.22. The smallest absolute Gasteiger partial charge is 0.407 e. The standard InChI is InChI=1S/C14H18N4O4S/c1-17-11(5-7-23(17,20)21)10-22-14(19)16-9-12-8-15-13-4-2-3-6-18(12)13/h2-4,6,8,11H,5,7,9-10H2,1H3,(H,16,19). The lowest BCUT2D eigenvalue weighted by Crippen LogP contribution is -2.35. The van der Waals surface area contributed by atoms with E-state index in [2.05, 4.69) is 10.3 Å². The summed E-state index contributed by atoms with van der Waals surface area (Å²) in [6, 6.07) is 5.35. The number of hydrogen-bond acceptors (Lipinski definition) is 5. The van der Waals surface area contributed by atoms with Crippen LogP contribution in [0.15, 0.2) is 30.6 Å². The van der Waals surface area contributed by atoms with Crippen LogP contribution in [0.4, 0.5) is 4.79 Å². The molecule has 0 saturated carbocycles. The van der Waals surface area contributed by atoms with Crippen molar-refractivity contribution in [2.75, 3.05) is 19.4 Å². The summed E-state index contributed by atoms with van der Waals surface area (Å²) in [5, 5.41) is 2.65. The molecule has 8 nitrogen and oxygen atoms in total. The van der Waals surface area contributed by atoms with Gasteiger partial charge in [0.05, 0.1) is 30.2 Å². The molecule has 0 aromatic carbocycles. The van der Waals surface area contributed by atoms with E-state index in [0.717, 1.165) is 11.3 Å². The van der Waals surface area contributed by atoms with Gasteiger partial charge in [0.15, 0.2) is 0 Å². The number of alkyl carbamates (subject to hydrolysis) is 1. The maximum Gasteiger partial charge on any atom is 0.407 e. The number of sulfonamides is 1. The maximum absolute atomic E-state index is 11.8. The first-order chi connectivity index (χ1) is 11.0. The van der Waals surface area contributed by atoms with Crippen LogP contribution in [0.5, 0.6) is 0 Å². The number of hydrogen-bond donors (Lipinski definition) is 1. The van der Waals surface area contributed by atoms with Gasteiger partial charge in [-0.05, 0) is 18.6 Å². The van der Waals surface area contributed by atoms with Gasteiger partial charge in [-0.1, -0.05) is 6.07 Å². The van der Waals surface area contributed by atoms with Gasteiger partial charge in [0, 0.05) is 13.2 Å². The van der Waals surface area contributed by atoms with Crippen LogP contribution < -0.4 is 5.32 Å². The van der Waals surface area contributed by atoms with E-state index < -0.39 is 16.1 Å². The summed E-state index contributed by atoms with van der Waals surface area (Å²) in [7, 11) is -1.68. The maximum atomic E-state index is 11.8. The Morgan fingerprint density at radius 3 is 3.04 bits per heavy atom. The summed E-state index contributed by atoms with van der Waals surface area (Å²) in [5.41, 5.74) is 1.63. The molecule has 2 aromatic heterocycles. The lowest BCUT2D eigenvalue weighted by Gasteiger charge is -2.17. The number of pyridine rings is 1. The average molecular weight is 338 g/mol. The third kappa shape index (κ3) is 3.30. The molecule has 1 aliphatic heterocycles. The minimum atomic E-state index is -3.18. The first kappa shape index (κ1) is 15.8. The summed E-state index contributed by atoms with van der Waals surface area (Å²) in [5.74, 6) is 0.0982. The fourth-order valence-electron chi connectivity index (χ4n) is 2.53. The summed E-state index contributed by atoms with van der Waals surface area (Å²) in [6.07, 6.45) is 3.45. The highest BCUT2D eigenvalue weighted by atomic mass is 32.2. The Hall–Kier alpha value is -2.13. The van der Waals surface area contributed by atoms with E-state index in [9.17, 15) is 13.2 Å². The molecule has 1 atom stereocenters. The number of amides is 1. The van der Waals surface area contributed by atoms with Gasteiger partial charge in [0.2, 0.25) is 10.0 Å².